The molecule has 7 nitrogen and oxygen atoms in total. The van der Waals surface area contributed by atoms with Gasteiger partial charge < -0.3 is 5.11 Å². The fraction of sp³-hybridized carbons (Fsp3) is 0.692. The Balaban J connectivity index is 2.05. The molecule has 1 saturated heterocycles. The van der Waals surface area contributed by atoms with E-state index < -0.39 is 16.0 Å². The van der Waals surface area contributed by atoms with Gasteiger partial charge in [-0.15, -0.1) is 0 Å². The zero-order chi connectivity index (χ0) is 15.5. The van der Waals surface area contributed by atoms with Crippen LogP contribution in [0.2, 0.25) is 0 Å². The van der Waals surface area contributed by atoms with Gasteiger partial charge in [-0.3, -0.25) is 9.48 Å². The number of carbonyl (C=O) groups is 1. The van der Waals surface area contributed by atoms with Crippen LogP contribution in [-0.4, -0.2) is 46.7 Å². The number of hydrogen-bond acceptors (Lipinski definition) is 4. The summed E-state index contributed by atoms with van der Waals surface area (Å²) in [5, 5.41) is 12.5. The standard InChI is InChI=1S/C13H21N3O4S/c1-2-3-11-4-6-16(7-5-11)21(19,20)12-8-14-15(9-12)10-13(17)18/h8-9,11H,2-7,10H2,1H3,(H,17,18). The first-order valence-electron chi connectivity index (χ1n) is 7.18. The second-order valence-corrected chi connectivity index (χ2v) is 7.34. The first kappa shape index (κ1) is 16.0. The minimum atomic E-state index is -3.56. The summed E-state index contributed by atoms with van der Waals surface area (Å²) in [5.41, 5.74) is 0. The summed E-state index contributed by atoms with van der Waals surface area (Å²) in [5.74, 6) is -0.446. The molecule has 0 spiro atoms. The van der Waals surface area contributed by atoms with Crippen LogP contribution < -0.4 is 0 Å². The summed E-state index contributed by atoms with van der Waals surface area (Å²) in [6.45, 7) is 2.85. The third-order valence-electron chi connectivity index (χ3n) is 3.82. The van der Waals surface area contributed by atoms with Crippen LogP contribution >= 0.6 is 0 Å². The topological polar surface area (TPSA) is 92.5 Å². The molecule has 1 fully saturated rings. The lowest BCUT2D eigenvalue weighted by atomic mass is 9.94. The van der Waals surface area contributed by atoms with E-state index in [1.54, 1.807) is 0 Å². The Morgan fingerprint density at radius 2 is 2.10 bits per heavy atom. The van der Waals surface area contributed by atoms with Gasteiger partial charge in [0.2, 0.25) is 10.0 Å². The number of sulfonamides is 1. The maximum atomic E-state index is 12.5. The third-order valence-corrected chi connectivity index (χ3v) is 5.67. The third kappa shape index (κ3) is 3.82. The van der Waals surface area contributed by atoms with Crippen LogP contribution in [0.5, 0.6) is 0 Å². The molecule has 8 heteroatoms. The molecule has 1 aromatic rings. The number of rotatable bonds is 6. The van der Waals surface area contributed by atoms with Crippen molar-refractivity contribution in [3.63, 3.8) is 0 Å². The summed E-state index contributed by atoms with van der Waals surface area (Å²) in [7, 11) is -3.56. The highest BCUT2D eigenvalue weighted by molar-refractivity contribution is 7.89. The van der Waals surface area contributed by atoms with Gasteiger partial charge in [0.05, 0.1) is 6.20 Å². The zero-order valence-corrected chi connectivity index (χ0v) is 12.9. The average molecular weight is 315 g/mol. The molecule has 2 rings (SSSR count). The van der Waals surface area contributed by atoms with Crippen LogP contribution in [0.1, 0.15) is 32.6 Å². The van der Waals surface area contributed by atoms with Crippen molar-refractivity contribution in [3.05, 3.63) is 12.4 Å². The lowest BCUT2D eigenvalue weighted by Gasteiger charge is -2.30. The number of nitrogens with zero attached hydrogens (tertiary/aromatic N) is 3. The molecular formula is C13H21N3O4S. The Morgan fingerprint density at radius 1 is 1.43 bits per heavy atom. The first-order valence-corrected chi connectivity index (χ1v) is 8.62. The highest BCUT2D eigenvalue weighted by Gasteiger charge is 2.30. The summed E-state index contributed by atoms with van der Waals surface area (Å²) in [6.07, 6.45) is 6.54. The zero-order valence-electron chi connectivity index (χ0n) is 12.1. The molecule has 1 aliphatic heterocycles. The van der Waals surface area contributed by atoms with Crippen LogP contribution in [0.4, 0.5) is 0 Å². The van der Waals surface area contributed by atoms with E-state index in [1.165, 1.54) is 16.7 Å². The summed E-state index contributed by atoms with van der Waals surface area (Å²) >= 11 is 0. The molecule has 21 heavy (non-hydrogen) atoms. The Labute approximate surface area is 124 Å². The van der Waals surface area contributed by atoms with Crippen molar-refractivity contribution in [2.24, 2.45) is 5.92 Å². The fourth-order valence-corrected chi connectivity index (χ4v) is 4.12. The van der Waals surface area contributed by atoms with Crippen molar-refractivity contribution in [3.8, 4) is 0 Å². The number of carboxylic acids is 1. The lowest BCUT2D eigenvalue weighted by Crippen LogP contribution is -2.38. The molecular weight excluding hydrogens is 294 g/mol. The summed E-state index contributed by atoms with van der Waals surface area (Å²) in [4.78, 5) is 10.7. The van der Waals surface area contributed by atoms with Gasteiger partial charge >= 0.3 is 5.97 Å². The molecule has 1 aromatic heterocycles. The van der Waals surface area contributed by atoms with Gasteiger partial charge in [0.1, 0.15) is 11.4 Å². The van der Waals surface area contributed by atoms with E-state index in [0.29, 0.717) is 19.0 Å². The molecule has 0 amide bonds. The molecule has 0 unspecified atom stereocenters. The normalized spacial score (nSPS) is 18.0. The number of carboxylic acid groups (broad SMARTS) is 1. The van der Waals surface area contributed by atoms with Gasteiger partial charge in [0.25, 0.3) is 0 Å². The maximum absolute atomic E-state index is 12.5. The predicted octanol–water partition coefficient (Wildman–Crippen LogP) is 1.17. The molecule has 0 radical (unpaired) electrons. The van der Waals surface area contributed by atoms with E-state index in [-0.39, 0.29) is 11.4 Å². The molecule has 0 atom stereocenters. The first-order chi connectivity index (χ1) is 9.93. The minimum absolute atomic E-state index is 0.0673. The van der Waals surface area contributed by atoms with Crippen LogP contribution in [-0.2, 0) is 21.4 Å². The van der Waals surface area contributed by atoms with Crippen LogP contribution in [0.15, 0.2) is 17.3 Å². The number of aromatic nitrogens is 2. The minimum Gasteiger partial charge on any atom is -0.480 e. The second-order valence-electron chi connectivity index (χ2n) is 5.40. The average Bonchev–Trinajstić information content (AvgIpc) is 2.88. The van der Waals surface area contributed by atoms with E-state index in [1.807, 2.05) is 0 Å². The maximum Gasteiger partial charge on any atom is 0.325 e. The van der Waals surface area contributed by atoms with E-state index in [4.69, 9.17) is 5.11 Å². The van der Waals surface area contributed by atoms with E-state index in [0.717, 1.165) is 30.4 Å². The van der Waals surface area contributed by atoms with Crippen molar-refractivity contribution in [1.29, 1.82) is 0 Å². The molecule has 0 bridgehead atoms. The van der Waals surface area contributed by atoms with E-state index in [2.05, 4.69) is 12.0 Å². The van der Waals surface area contributed by atoms with Gasteiger partial charge in [0.15, 0.2) is 0 Å². The van der Waals surface area contributed by atoms with Crippen LogP contribution in [0.25, 0.3) is 0 Å². The number of hydrogen-bond donors (Lipinski definition) is 1. The van der Waals surface area contributed by atoms with E-state index in [9.17, 15) is 13.2 Å². The smallest absolute Gasteiger partial charge is 0.325 e. The van der Waals surface area contributed by atoms with Crippen LogP contribution in [0, 0.1) is 5.92 Å². The lowest BCUT2D eigenvalue weighted by molar-refractivity contribution is -0.137. The number of aliphatic carboxylic acids is 1. The highest BCUT2D eigenvalue weighted by Crippen LogP contribution is 2.26. The Hall–Kier alpha value is -1.41. The van der Waals surface area contributed by atoms with Crippen molar-refractivity contribution >= 4 is 16.0 Å². The molecule has 0 aromatic carbocycles. The molecule has 1 aliphatic rings. The van der Waals surface area contributed by atoms with Gasteiger partial charge in [-0.05, 0) is 18.8 Å². The Kier molecular flexibility index (Phi) is 5.00. The summed E-state index contributed by atoms with van der Waals surface area (Å²) < 4.78 is 27.5. The fourth-order valence-electron chi connectivity index (χ4n) is 2.70. The van der Waals surface area contributed by atoms with Crippen molar-refractivity contribution in [2.45, 2.75) is 44.0 Å². The molecule has 118 valence electrons. The summed E-state index contributed by atoms with van der Waals surface area (Å²) in [6, 6.07) is 0. The van der Waals surface area contributed by atoms with Crippen molar-refractivity contribution in [2.75, 3.05) is 13.1 Å². The largest absolute Gasteiger partial charge is 0.480 e. The highest BCUT2D eigenvalue weighted by atomic mass is 32.2. The monoisotopic (exact) mass is 315 g/mol. The van der Waals surface area contributed by atoms with Crippen LogP contribution in [0.3, 0.4) is 0 Å². The second kappa shape index (κ2) is 6.57. The van der Waals surface area contributed by atoms with Gasteiger partial charge in [0, 0.05) is 19.3 Å². The van der Waals surface area contributed by atoms with Crippen molar-refractivity contribution in [1.82, 2.24) is 14.1 Å². The molecule has 2 heterocycles. The van der Waals surface area contributed by atoms with Crippen molar-refractivity contribution < 1.29 is 18.3 Å². The SMILES string of the molecule is CCCC1CCN(S(=O)(=O)c2cnn(CC(=O)O)c2)CC1. The van der Waals surface area contributed by atoms with Gasteiger partial charge in [-0.1, -0.05) is 19.8 Å². The van der Waals surface area contributed by atoms with Gasteiger partial charge in [-0.25, -0.2) is 8.42 Å². The predicted molar refractivity (Wildman–Crippen MR) is 76.3 cm³/mol. The quantitative estimate of drug-likeness (QED) is 0.850. The molecule has 0 saturated carbocycles. The molecule has 1 N–H and O–H groups in total. The van der Waals surface area contributed by atoms with E-state index >= 15 is 0 Å². The Bertz CT molecular complexity index is 588. The van der Waals surface area contributed by atoms with Gasteiger partial charge in [-0.2, -0.15) is 9.40 Å². The molecule has 0 aliphatic carbocycles. The Morgan fingerprint density at radius 3 is 2.67 bits per heavy atom. The number of piperidine rings is 1.